The predicted molar refractivity (Wildman–Crippen MR) is 146 cm³/mol. The van der Waals surface area contributed by atoms with Gasteiger partial charge in [0.1, 0.15) is 6.23 Å². The maximum atomic E-state index is 11.0. The summed E-state index contributed by atoms with van der Waals surface area (Å²) < 4.78 is 13.1. The second-order valence-electron chi connectivity index (χ2n) is 10.3. The van der Waals surface area contributed by atoms with E-state index in [2.05, 4.69) is 40.5 Å². The highest BCUT2D eigenvalue weighted by Gasteiger charge is 2.27. The van der Waals surface area contributed by atoms with Crippen molar-refractivity contribution in [1.82, 2.24) is 20.0 Å². The molecule has 3 atom stereocenters. The molecule has 8 heteroatoms. The monoisotopic (exact) mass is 507 g/mol. The van der Waals surface area contributed by atoms with Crippen LogP contribution >= 0.6 is 0 Å². The molecule has 2 aliphatic carbocycles. The highest BCUT2D eigenvalue weighted by molar-refractivity contribution is 6.12. The van der Waals surface area contributed by atoms with Crippen molar-refractivity contribution < 1.29 is 14.6 Å². The van der Waals surface area contributed by atoms with E-state index < -0.39 is 6.23 Å². The van der Waals surface area contributed by atoms with Gasteiger partial charge in [-0.15, -0.1) is 0 Å². The Hall–Kier alpha value is -2.52. The molecular formula is C29H41N5O3. The zero-order valence-electron chi connectivity index (χ0n) is 22.4. The summed E-state index contributed by atoms with van der Waals surface area (Å²) in [5, 5.41) is 18.9. The fraction of sp³-hybridized carbons (Fsp3) is 0.586. The molecule has 2 N–H and O–H groups in total. The summed E-state index contributed by atoms with van der Waals surface area (Å²) in [5.41, 5.74) is 6.55. The lowest BCUT2D eigenvalue weighted by atomic mass is 9.87. The van der Waals surface area contributed by atoms with Gasteiger partial charge in [0.05, 0.1) is 44.0 Å². The van der Waals surface area contributed by atoms with E-state index in [-0.39, 0.29) is 6.04 Å². The molecule has 2 aliphatic heterocycles. The molecule has 1 aromatic rings. The molecule has 4 aliphatic rings. The average molecular weight is 508 g/mol. The molecule has 5 rings (SSSR count). The lowest BCUT2D eigenvalue weighted by molar-refractivity contribution is 0.0146. The SMILES string of the molecule is CCOC1=CC=C(n2ncc(C(O)NC3C=C(C)C(C4=CCC(N5CCOCC5)CC4)=NC3)c2C)CC1. The van der Waals surface area contributed by atoms with Crippen LogP contribution in [0.4, 0.5) is 0 Å². The van der Waals surface area contributed by atoms with Gasteiger partial charge in [-0.2, -0.15) is 5.10 Å². The van der Waals surface area contributed by atoms with Crippen LogP contribution in [0.5, 0.6) is 0 Å². The molecule has 1 aromatic heterocycles. The summed E-state index contributed by atoms with van der Waals surface area (Å²) in [6.45, 7) is 11.3. The Morgan fingerprint density at radius 1 is 1.19 bits per heavy atom. The number of nitrogens with one attached hydrogen (secondary N) is 1. The van der Waals surface area contributed by atoms with Crippen LogP contribution in [0.1, 0.15) is 63.4 Å². The molecule has 8 nitrogen and oxygen atoms in total. The molecule has 0 radical (unpaired) electrons. The van der Waals surface area contributed by atoms with Crippen LogP contribution in [0.15, 0.2) is 52.4 Å². The molecule has 3 heterocycles. The second-order valence-corrected chi connectivity index (χ2v) is 10.3. The van der Waals surface area contributed by atoms with Gasteiger partial charge in [-0.1, -0.05) is 12.2 Å². The first-order chi connectivity index (χ1) is 18.0. The maximum Gasteiger partial charge on any atom is 0.134 e. The van der Waals surface area contributed by atoms with E-state index in [0.29, 0.717) is 19.2 Å². The van der Waals surface area contributed by atoms with Gasteiger partial charge in [-0.05, 0) is 69.8 Å². The smallest absolute Gasteiger partial charge is 0.134 e. The summed E-state index contributed by atoms with van der Waals surface area (Å²) in [6.07, 6.45) is 14.7. The number of aliphatic hydroxyl groups excluding tert-OH is 1. The van der Waals surface area contributed by atoms with Crippen molar-refractivity contribution in [3.63, 3.8) is 0 Å². The topological polar surface area (TPSA) is 84.1 Å². The molecule has 37 heavy (non-hydrogen) atoms. The number of aliphatic imine (C=N–C) groups is 1. The Balaban J connectivity index is 1.18. The van der Waals surface area contributed by atoms with Crippen molar-refractivity contribution in [3.8, 4) is 0 Å². The highest BCUT2D eigenvalue weighted by Crippen LogP contribution is 2.29. The number of dihydropyridines is 1. The van der Waals surface area contributed by atoms with Crippen molar-refractivity contribution >= 4 is 11.4 Å². The Labute approximate surface area is 220 Å². The van der Waals surface area contributed by atoms with Crippen molar-refractivity contribution in [2.45, 2.75) is 71.2 Å². The number of allylic oxidation sites excluding steroid dienone is 6. The van der Waals surface area contributed by atoms with Gasteiger partial charge in [-0.25, -0.2) is 4.68 Å². The van der Waals surface area contributed by atoms with Crippen molar-refractivity contribution in [3.05, 3.63) is 58.7 Å². The third kappa shape index (κ3) is 5.98. The third-order valence-electron chi connectivity index (χ3n) is 7.93. The second kappa shape index (κ2) is 11.9. The molecular weight excluding hydrogens is 466 g/mol. The number of aromatic nitrogens is 2. The van der Waals surface area contributed by atoms with Crippen LogP contribution in [0.25, 0.3) is 5.70 Å². The number of hydrogen-bond acceptors (Lipinski definition) is 7. The van der Waals surface area contributed by atoms with Crippen molar-refractivity contribution in [2.24, 2.45) is 4.99 Å². The fourth-order valence-corrected chi connectivity index (χ4v) is 5.88. The standard InChI is InChI=1S/C29H41N5O3/c1-4-37-26-11-9-25(10-12-26)34-21(3)27(19-31-34)29(35)32-23-17-20(2)28(30-18-23)22-5-7-24(8-6-22)33-13-15-36-16-14-33/h5,9,11,17,19,23-24,29,32,35H,4,6-8,10,12-16,18H2,1-3H3. The lowest BCUT2D eigenvalue weighted by Crippen LogP contribution is -2.44. The molecule has 3 unspecified atom stereocenters. The minimum Gasteiger partial charge on any atom is -0.498 e. The quantitative estimate of drug-likeness (QED) is 0.519. The van der Waals surface area contributed by atoms with Crippen molar-refractivity contribution in [1.29, 1.82) is 0 Å². The minimum absolute atomic E-state index is 0.0163. The lowest BCUT2D eigenvalue weighted by Gasteiger charge is -2.36. The number of nitrogens with zero attached hydrogens (tertiary/aromatic N) is 4. The molecule has 0 aromatic carbocycles. The Morgan fingerprint density at radius 3 is 2.70 bits per heavy atom. The molecule has 0 saturated carbocycles. The van der Waals surface area contributed by atoms with Crippen LogP contribution in [0.3, 0.4) is 0 Å². The van der Waals surface area contributed by atoms with E-state index in [1.54, 1.807) is 6.20 Å². The number of morpholine rings is 1. The number of ether oxygens (including phenoxy) is 2. The first kappa shape index (κ1) is 26.1. The largest absolute Gasteiger partial charge is 0.498 e. The van der Waals surface area contributed by atoms with Gasteiger partial charge >= 0.3 is 0 Å². The molecule has 1 fully saturated rings. The zero-order chi connectivity index (χ0) is 25.8. The molecule has 200 valence electrons. The van der Waals surface area contributed by atoms with Gasteiger partial charge < -0.3 is 14.6 Å². The summed E-state index contributed by atoms with van der Waals surface area (Å²) >= 11 is 0. The van der Waals surface area contributed by atoms with Crippen molar-refractivity contribution in [2.75, 3.05) is 39.5 Å². The maximum absolute atomic E-state index is 11.0. The van der Waals surface area contributed by atoms with Gasteiger partial charge in [-0.3, -0.25) is 15.2 Å². The van der Waals surface area contributed by atoms with Gasteiger partial charge in [0.25, 0.3) is 0 Å². The van der Waals surface area contributed by atoms with E-state index in [1.807, 2.05) is 24.6 Å². The molecule has 0 amide bonds. The first-order valence-electron chi connectivity index (χ1n) is 13.8. The van der Waals surface area contributed by atoms with Crippen LogP contribution in [-0.2, 0) is 9.47 Å². The fourth-order valence-electron chi connectivity index (χ4n) is 5.88. The third-order valence-corrected chi connectivity index (χ3v) is 7.93. The van der Waals surface area contributed by atoms with Gasteiger partial charge in [0.2, 0.25) is 0 Å². The average Bonchev–Trinajstić information content (AvgIpc) is 3.31. The Kier molecular flexibility index (Phi) is 8.39. The van der Waals surface area contributed by atoms with E-state index in [1.165, 1.54) is 17.6 Å². The number of aliphatic hydroxyl groups is 1. The first-order valence-corrected chi connectivity index (χ1v) is 13.8. The Morgan fingerprint density at radius 2 is 2.03 bits per heavy atom. The zero-order valence-corrected chi connectivity index (χ0v) is 22.4. The molecule has 0 spiro atoms. The molecule has 1 saturated heterocycles. The van der Waals surface area contributed by atoms with E-state index >= 15 is 0 Å². The highest BCUT2D eigenvalue weighted by atomic mass is 16.5. The summed E-state index contributed by atoms with van der Waals surface area (Å²) in [6, 6.07) is 0.610. The summed E-state index contributed by atoms with van der Waals surface area (Å²) in [4.78, 5) is 7.52. The number of hydrogen-bond donors (Lipinski definition) is 2. The summed E-state index contributed by atoms with van der Waals surface area (Å²) in [7, 11) is 0. The normalized spacial score (nSPS) is 26.0. The summed E-state index contributed by atoms with van der Waals surface area (Å²) in [5.74, 6) is 1.01. The predicted octanol–water partition coefficient (Wildman–Crippen LogP) is 3.91. The van der Waals surface area contributed by atoms with Crippen LogP contribution in [0.2, 0.25) is 0 Å². The minimum atomic E-state index is -0.804. The molecule has 0 bridgehead atoms. The Bertz CT molecular complexity index is 1120. The van der Waals surface area contributed by atoms with E-state index in [0.717, 1.165) is 80.4 Å². The van der Waals surface area contributed by atoms with Crippen LogP contribution in [0, 0.1) is 6.92 Å². The number of rotatable bonds is 8. The van der Waals surface area contributed by atoms with Gasteiger partial charge in [0.15, 0.2) is 0 Å². The van der Waals surface area contributed by atoms with E-state index in [9.17, 15) is 5.11 Å². The van der Waals surface area contributed by atoms with Crippen LogP contribution < -0.4 is 5.32 Å². The van der Waals surface area contributed by atoms with Gasteiger partial charge in [0, 0.05) is 48.5 Å². The van der Waals surface area contributed by atoms with Crippen LogP contribution in [-0.4, -0.2) is 77.0 Å². The van der Waals surface area contributed by atoms with E-state index in [4.69, 9.17) is 14.5 Å².